The zero-order valence-electron chi connectivity index (χ0n) is 22.9. The Morgan fingerprint density at radius 2 is 1.54 bits per heavy atom. The number of carbonyl (C=O) groups excluding carboxylic acids is 1. The SMILES string of the molecule is CC(C)(O)[C@@H]1[C@H]2OC(=O)[C@]3(CC[C@]4(C)[C@H](CC[C@@H]5[C@@]6(C)CC[C@H](O)C(C)(C)[C@H]6CC[C@]54C)[C@H]13)[C@@H]2O. The number of carbonyl (C=O) groups is 1. The summed E-state index contributed by atoms with van der Waals surface area (Å²) in [7, 11) is 0. The van der Waals surface area contributed by atoms with Gasteiger partial charge in [-0.05, 0) is 111 Å². The molecule has 5 aliphatic carbocycles. The molecule has 0 amide bonds. The molecule has 6 aliphatic rings. The van der Waals surface area contributed by atoms with Crippen LogP contribution in [0.2, 0.25) is 0 Å². The molecule has 1 aliphatic heterocycles. The van der Waals surface area contributed by atoms with Crippen molar-refractivity contribution in [2.75, 3.05) is 0 Å². The monoisotopic (exact) mass is 488 g/mol. The van der Waals surface area contributed by atoms with Crippen molar-refractivity contribution in [3.05, 3.63) is 0 Å². The van der Waals surface area contributed by atoms with Crippen LogP contribution in [0.25, 0.3) is 0 Å². The number of aliphatic hydroxyl groups is 3. The van der Waals surface area contributed by atoms with Gasteiger partial charge in [-0.2, -0.15) is 0 Å². The second-order valence-electron chi connectivity index (χ2n) is 15.6. The average molecular weight is 489 g/mol. The molecule has 3 N–H and O–H groups in total. The largest absolute Gasteiger partial charge is 0.459 e. The number of fused-ring (bicyclic) bond motifs is 7. The summed E-state index contributed by atoms with van der Waals surface area (Å²) in [5.41, 5.74) is -1.52. The van der Waals surface area contributed by atoms with E-state index >= 15 is 0 Å². The molecule has 0 radical (unpaired) electrons. The van der Waals surface area contributed by atoms with E-state index in [2.05, 4.69) is 34.6 Å². The fourth-order valence-electron chi connectivity index (χ4n) is 12.2. The van der Waals surface area contributed by atoms with Crippen LogP contribution in [0.3, 0.4) is 0 Å². The minimum atomic E-state index is -1.01. The Morgan fingerprint density at radius 1 is 0.857 bits per heavy atom. The predicted octanol–water partition coefficient (Wildman–Crippen LogP) is 4.71. The Balaban J connectivity index is 1.43. The van der Waals surface area contributed by atoms with Crippen molar-refractivity contribution in [2.45, 2.75) is 124 Å². The van der Waals surface area contributed by atoms with Crippen LogP contribution >= 0.6 is 0 Å². The van der Waals surface area contributed by atoms with Gasteiger partial charge in [-0.15, -0.1) is 0 Å². The summed E-state index contributed by atoms with van der Waals surface area (Å²) in [5.74, 6) is 0.936. The van der Waals surface area contributed by atoms with Crippen LogP contribution in [0, 0.1) is 56.7 Å². The Bertz CT molecular complexity index is 938. The topological polar surface area (TPSA) is 87.0 Å². The molecule has 5 saturated carbocycles. The van der Waals surface area contributed by atoms with Crippen LogP contribution in [0.5, 0.6) is 0 Å². The Kier molecular flexibility index (Phi) is 4.83. The number of esters is 1. The van der Waals surface area contributed by atoms with Crippen LogP contribution < -0.4 is 0 Å². The average Bonchev–Trinajstić information content (AvgIpc) is 3.14. The maximum atomic E-state index is 13.3. The third kappa shape index (κ3) is 2.60. The molecule has 0 unspecified atom stereocenters. The molecule has 12 atom stereocenters. The summed E-state index contributed by atoms with van der Waals surface area (Å²) >= 11 is 0. The summed E-state index contributed by atoms with van der Waals surface area (Å²) in [6, 6.07) is 0. The fourth-order valence-corrected chi connectivity index (χ4v) is 12.2. The molecule has 1 heterocycles. The highest BCUT2D eigenvalue weighted by atomic mass is 16.6. The standard InChI is InChI=1S/C30H48O5/c1-25(2)17-10-13-29(7)18(27(17,5)12-11-19(25)31)9-8-16-20-21(26(3,4)34)22-23(32)30(20,24(33)35-22)15-14-28(16,29)6/h16-23,31-32,34H,8-15H2,1-7H3/t16-,17-,18-,19+,20-,21+,22-,23-,27+,28-,29-,30+/m1/s1. The van der Waals surface area contributed by atoms with E-state index in [-0.39, 0.29) is 45.6 Å². The summed E-state index contributed by atoms with van der Waals surface area (Å²) in [5, 5.41) is 33.6. The third-order valence-corrected chi connectivity index (χ3v) is 14.0. The van der Waals surface area contributed by atoms with Crippen LogP contribution in [0.15, 0.2) is 0 Å². The van der Waals surface area contributed by atoms with Gasteiger partial charge in [-0.1, -0.05) is 34.6 Å². The lowest BCUT2D eigenvalue weighted by atomic mass is 9.32. The minimum Gasteiger partial charge on any atom is -0.459 e. The van der Waals surface area contributed by atoms with Crippen molar-refractivity contribution in [2.24, 2.45) is 56.7 Å². The lowest BCUT2D eigenvalue weighted by Crippen LogP contribution is -2.68. The van der Waals surface area contributed by atoms with E-state index in [0.29, 0.717) is 24.2 Å². The van der Waals surface area contributed by atoms with Crippen LogP contribution in [0.1, 0.15) is 99.8 Å². The van der Waals surface area contributed by atoms with Gasteiger partial charge in [0.25, 0.3) is 0 Å². The molecule has 5 nitrogen and oxygen atoms in total. The normalized spacial score (nSPS) is 58.6. The van der Waals surface area contributed by atoms with Crippen molar-refractivity contribution in [1.82, 2.24) is 0 Å². The van der Waals surface area contributed by atoms with Crippen molar-refractivity contribution in [3.63, 3.8) is 0 Å². The quantitative estimate of drug-likeness (QED) is 0.466. The molecule has 5 heteroatoms. The summed E-state index contributed by atoms with van der Waals surface area (Å²) in [4.78, 5) is 13.3. The maximum Gasteiger partial charge on any atom is 0.315 e. The van der Waals surface area contributed by atoms with E-state index in [9.17, 15) is 20.1 Å². The lowest BCUT2D eigenvalue weighted by Gasteiger charge is -2.73. The molecule has 6 fully saturated rings. The van der Waals surface area contributed by atoms with Gasteiger partial charge in [0.15, 0.2) is 0 Å². The number of ether oxygens (including phenoxy) is 1. The maximum absolute atomic E-state index is 13.3. The molecule has 0 aromatic rings. The molecule has 2 bridgehead atoms. The van der Waals surface area contributed by atoms with Crippen LogP contribution in [0.4, 0.5) is 0 Å². The summed E-state index contributed by atoms with van der Waals surface area (Å²) in [6.45, 7) is 15.8. The van der Waals surface area contributed by atoms with Crippen LogP contribution in [-0.2, 0) is 9.53 Å². The molecular formula is C30H48O5. The molecule has 0 aromatic heterocycles. The highest BCUT2D eigenvalue weighted by Gasteiger charge is 2.80. The number of rotatable bonds is 1. The Morgan fingerprint density at radius 3 is 2.20 bits per heavy atom. The van der Waals surface area contributed by atoms with E-state index in [0.717, 1.165) is 44.9 Å². The first-order valence-corrected chi connectivity index (χ1v) is 14.4. The molecule has 1 saturated heterocycles. The lowest BCUT2D eigenvalue weighted by molar-refractivity contribution is -0.258. The number of hydrogen-bond acceptors (Lipinski definition) is 5. The summed E-state index contributed by atoms with van der Waals surface area (Å²) < 4.78 is 5.76. The van der Waals surface area contributed by atoms with Gasteiger partial charge >= 0.3 is 5.97 Å². The molecule has 1 spiro atoms. The van der Waals surface area contributed by atoms with E-state index in [1.807, 2.05) is 13.8 Å². The number of hydrogen-bond donors (Lipinski definition) is 3. The second kappa shape index (κ2) is 6.86. The first-order valence-electron chi connectivity index (χ1n) is 14.4. The van der Waals surface area contributed by atoms with Gasteiger partial charge in [-0.25, -0.2) is 0 Å². The van der Waals surface area contributed by atoms with E-state index in [4.69, 9.17) is 4.74 Å². The van der Waals surface area contributed by atoms with Gasteiger partial charge in [0.05, 0.1) is 11.7 Å². The predicted molar refractivity (Wildman–Crippen MR) is 133 cm³/mol. The third-order valence-electron chi connectivity index (χ3n) is 14.0. The molecule has 35 heavy (non-hydrogen) atoms. The zero-order valence-corrected chi connectivity index (χ0v) is 22.9. The molecule has 198 valence electrons. The highest BCUT2D eigenvalue weighted by Crippen LogP contribution is 2.78. The molecule has 6 rings (SSSR count). The molecular weight excluding hydrogens is 440 g/mol. The van der Waals surface area contributed by atoms with Crippen LogP contribution in [-0.4, -0.2) is 45.2 Å². The van der Waals surface area contributed by atoms with Gasteiger partial charge in [0.1, 0.15) is 17.6 Å². The smallest absolute Gasteiger partial charge is 0.315 e. The van der Waals surface area contributed by atoms with E-state index in [1.165, 1.54) is 0 Å². The summed E-state index contributed by atoms with van der Waals surface area (Å²) in [6.07, 6.45) is 6.46. The first-order chi connectivity index (χ1) is 16.1. The van der Waals surface area contributed by atoms with Crippen molar-refractivity contribution in [3.8, 4) is 0 Å². The van der Waals surface area contributed by atoms with Gasteiger partial charge in [0.2, 0.25) is 0 Å². The first kappa shape index (κ1) is 24.7. The second-order valence-corrected chi connectivity index (χ2v) is 15.6. The van der Waals surface area contributed by atoms with Crippen molar-refractivity contribution in [1.29, 1.82) is 0 Å². The van der Waals surface area contributed by atoms with Gasteiger partial charge in [-0.3, -0.25) is 4.79 Å². The Hall–Kier alpha value is -0.650. The Labute approximate surface area is 211 Å². The zero-order chi connectivity index (χ0) is 25.6. The van der Waals surface area contributed by atoms with Crippen molar-refractivity contribution >= 4 is 5.97 Å². The van der Waals surface area contributed by atoms with Gasteiger partial charge in [0, 0.05) is 5.92 Å². The molecule has 0 aromatic carbocycles. The van der Waals surface area contributed by atoms with E-state index < -0.39 is 23.2 Å². The van der Waals surface area contributed by atoms with E-state index in [1.54, 1.807) is 0 Å². The van der Waals surface area contributed by atoms with Crippen molar-refractivity contribution < 1.29 is 24.9 Å². The fraction of sp³-hybridized carbons (Fsp3) is 0.967. The van der Waals surface area contributed by atoms with Gasteiger partial charge < -0.3 is 20.1 Å². The highest BCUT2D eigenvalue weighted by molar-refractivity contribution is 5.82. The number of aliphatic hydroxyl groups excluding tert-OH is 2. The minimum absolute atomic E-state index is 0.0320.